The summed E-state index contributed by atoms with van der Waals surface area (Å²) in [7, 11) is 0. The Labute approximate surface area is 128 Å². The van der Waals surface area contributed by atoms with Crippen LogP contribution in [0.4, 0.5) is 0 Å². The molecule has 0 radical (unpaired) electrons. The number of hydrogen-bond acceptors (Lipinski definition) is 3. The summed E-state index contributed by atoms with van der Waals surface area (Å²) >= 11 is 0. The number of carbonyl (C=O) groups excluding carboxylic acids is 1. The Hall–Kier alpha value is -0.320. The molecule has 116 valence electrons. The van der Waals surface area contributed by atoms with E-state index in [0.717, 1.165) is 58.2 Å². The van der Waals surface area contributed by atoms with E-state index in [9.17, 15) is 4.79 Å². The quantitative estimate of drug-likeness (QED) is 0.839. The number of halogens is 1. The van der Waals surface area contributed by atoms with Crippen molar-refractivity contribution >= 4 is 18.3 Å². The van der Waals surface area contributed by atoms with Crippen LogP contribution in [-0.4, -0.2) is 61.0 Å². The van der Waals surface area contributed by atoms with Crippen LogP contribution >= 0.6 is 12.4 Å². The highest BCUT2D eigenvalue weighted by atomic mass is 35.5. The van der Waals surface area contributed by atoms with Gasteiger partial charge in [-0.2, -0.15) is 0 Å². The lowest BCUT2D eigenvalue weighted by Gasteiger charge is -2.39. The maximum absolute atomic E-state index is 12.5. The average molecular weight is 302 g/mol. The van der Waals surface area contributed by atoms with E-state index >= 15 is 0 Å². The lowest BCUT2D eigenvalue weighted by molar-refractivity contribution is -0.138. The third kappa shape index (κ3) is 3.66. The van der Waals surface area contributed by atoms with Crippen LogP contribution in [0.2, 0.25) is 0 Å². The Morgan fingerprint density at radius 3 is 2.10 bits per heavy atom. The summed E-state index contributed by atoms with van der Waals surface area (Å²) < 4.78 is 0. The first-order valence-corrected chi connectivity index (χ1v) is 8.08. The number of amides is 1. The minimum absolute atomic E-state index is 0. The molecule has 0 aromatic heterocycles. The fraction of sp³-hybridized carbons (Fsp3) is 0.933. The van der Waals surface area contributed by atoms with E-state index in [1.165, 1.54) is 25.7 Å². The van der Waals surface area contributed by atoms with Gasteiger partial charge in [-0.05, 0) is 38.8 Å². The molecule has 1 saturated carbocycles. The topological polar surface area (TPSA) is 35.6 Å². The second-order valence-corrected chi connectivity index (χ2v) is 6.32. The van der Waals surface area contributed by atoms with Crippen molar-refractivity contribution in [1.29, 1.82) is 0 Å². The summed E-state index contributed by atoms with van der Waals surface area (Å²) in [6.45, 7) is 6.14. The smallest absolute Gasteiger partial charge is 0.225 e. The Morgan fingerprint density at radius 2 is 1.50 bits per heavy atom. The van der Waals surface area contributed by atoms with Crippen LogP contribution < -0.4 is 5.32 Å². The average Bonchev–Trinajstić information content (AvgIpc) is 3.02. The van der Waals surface area contributed by atoms with Crippen LogP contribution in [0.25, 0.3) is 0 Å². The monoisotopic (exact) mass is 301 g/mol. The van der Waals surface area contributed by atoms with Crippen molar-refractivity contribution in [2.45, 2.75) is 44.6 Å². The van der Waals surface area contributed by atoms with E-state index < -0.39 is 0 Å². The van der Waals surface area contributed by atoms with Gasteiger partial charge in [0.15, 0.2) is 0 Å². The third-order valence-corrected chi connectivity index (χ3v) is 5.16. The van der Waals surface area contributed by atoms with Gasteiger partial charge in [-0.1, -0.05) is 12.8 Å². The second kappa shape index (κ2) is 7.62. The molecule has 0 aromatic carbocycles. The van der Waals surface area contributed by atoms with Gasteiger partial charge in [-0.15, -0.1) is 12.4 Å². The minimum atomic E-state index is 0. The molecule has 1 N–H and O–H groups in total. The van der Waals surface area contributed by atoms with Gasteiger partial charge in [0.25, 0.3) is 0 Å². The van der Waals surface area contributed by atoms with E-state index in [-0.39, 0.29) is 12.4 Å². The highest BCUT2D eigenvalue weighted by Crippen LogP contribution is 2.25. The Kier molecular flexibility index (Phi) is 6.12. The van der Waals surface area contributed by atoms with Crippen LogP contribution in [0.1, 0.15) is 38.5 Å². The summed E-state index contributed by atoms with van der Waals surface area (Å²) in [6, 6.07) is 0.816. The van der Waals surface area contributed by atoms with E-state index in [0.29, 0.717) is 11.8 Å². The zero-order valence-corrected chi connectivity index (χ0v) is 13.2. The van der Waals surface area contributed by atoms with Crippen molar-refractivity contribution < 1.29 is 4.79 Å². The molecule has 3 aliphatic rings. The standard InChI is InChI=1S/C15H27N3O.ClH/c19-15(13-5-7-16-8-6-13)18-11-9-17(10-12-18)14-3-1-2-4-14;/h13-14,16H,1-12H2;1H. The molecule has 5 heteroatoms. The van der Waals surface area contributed by atoms with Crippen LogP contribution in [0.15, 0.2) is 0 Å². The highest BCUT2D eigenvalue weighted by Gasteiger charge is 2.31. The normalized spacial score (nSPS) is 26.5. The van der Waals surface area contributed by atoms with E-state index in [1.807, 2.05) is 0 Å². The molecule has 1 aliphatic carbocycles. The van der Waals surface area contributed by atoms with Crippen LogP contribution in [0.5, 0.6) is 0 Å². The molecule has 3 fully saturated rings. The van der Waals surface area contributed by atoms with Gasteiger partial charge in [-0.3, -0.25) is 9.69 Å². The van der Waals surface area contributed by atoms with Gasteiger partial charge in [-0.25, -0.2) is 0 Å². The lowest BCUT2D eigenvalue weighted by Crippen LogP contribution is -2.53. The molecule has 0 atom stereocenters. The first-order chi connectivity index (χ1) is 9.34. The summed E-state index contributed by atoms with van der Waals surface area (Å²) in [5.41, 5.74) is 0. The third-order valence-electron chi connectivity index (χ3n) is 5.16. The van der Waals surface area contributed by atoms with Crippen molar-refractivity contribution in [3.05, 3.63) is 0 Å². The second-order valence-electron chi connectivity index (χ2n) is 6.32. The fourth-order valence-electron chi connectivity index (χ4n) is 3.90. The Bertz CT molecular complexity index is 306. The molecule has 0 aromatic rings. The summed E-state index contributed by atoms with van der Waals surface area (Å²) in [4.78, 5) is 17.2. The zero-order valence-electron chi connectivity index (χ0n) is 12.4. The molecule has 20 heavy (non-hydrogen) atoms. The number of piperazine rings is 1. The van der Waals surface area contributed by atoms with Crippen molar-refractivity contribution in [3.8, 4) is 0 Å². The van der Waals surface area contributed by atoms with E-state index in [1.54, 1.807) is 0 Å². The molecular formula is C15H28ClN3O. The Balaban J connectivity index is 0.00000147. The van der Waals surface area contributed by atoms with Crippen molar-refractivity contribution in [1.82, 2.24) is 15.1 Å². The molecule has 1 amide bonds. The molecule has 2 heterocycles. The summed E-state index contributed by atoms with van der Waals surface area (Å²) in [5, 5.41) is 3.34. The first kappa shape index (κ1) is 16.1. The molecule has 2 aliphatic heterocycles. The van der Waals surface area contributed by atoms with Gasteiger partial charge in [0, 0.05) is 38.1 Å². The van der Waals surface area contributed by atoms with Gasteiger partial charge >= 0.3 is 0 Å². The number of nitrogens with zero attached hydrogens (tertiary/aromatic N) is 2. The number of nitrogens with one attached hydrogen (secondary N) is 1. The molecule has 4 nitrogen and oxygen atoms in total. The fourth-order valence-corrected chi connectivity index (χ4v) is 3.90. The molecule has 2 saturated heterocycles. The van der Waals surface area contributed by atoms with Crippen LogP contribution in [0, 0.1) is 5.92 Å². The van der Waals surface area contributed by atoms with Gasteiger partial charge in [0.2, 0.25) is 5.91 Å². The molecule has 0 bridgehead atoms. The molecule has 0 unspecified atom stereocenters. The van der Waals surface area contributed by atoms with E-state index in [4.69, 9.17) is 0 Å². The maximum atomic E-state index is 12.5. The van der Waals surface area contributed by atoms with Gasteiger partial charge in [0.05, 0.1) is 0 Å². The van der Waals surface area contributed by atoms with Crippen LogP contribution in [-0.2, 0) is 4.79 Å². The highest BCUT2D eigenvalue weighted by molar-refractivity contribution is 5.85. The number of hydrogen-bond donors (Lipinski definition) is 1. The van der Waals surface area contributed by atoms with Crippen molar-refractivity contribution in [2.75, 3.05) is 39.3 Å². The van der Waals surface area contributed by atoms with Crippen LogP contribution in [0.3, 0.4) is 0 Å². The minimum Gasteiger partial charge on any atom is -0.340 e. The summed E-state index contributed by atoms with van der Waals surface area (Å²) in [5.74, 6) is 0.715. The van der Waals surface area contributed by atoms with Gasteiger partial charge < -0.3 is 10.2 Å². The predicted molar refractivity (Wildman–Crippen MR) is 83.3 cm³/mol. The lowest BCUT2D eigenvalue weighted by atomic mass is 9.96. The largest absolute Gasteiger partial charge is 0.340 e. The van der Waals surface area contributed by atoms with E-state index in [2.05, 4.69) is 15.1 Å². The van der Waals surface area contributed by atoms with Crippen molar-refractivity contribution in [2.24, 2.45) is 5.92 Å². The molecular weight excluding hydrogens is 274 g/mol. The maximum Gasteiger partial charge on any atom is 0.225 e. The number of piperidine rings is 1. The first-order valence-electron chi connectivity index (χ1n) is 8.08. The number of rotatable bonds is 2. The summed E-state index contributed by atoms with van der Waals surface area (Å²) in [6.07, 6.45) is 7.62. The predicted octanol–water partition coefficient (Wildman–Crippen LogP) is 1.49. The molecule has 3 rings (SSSR count). The SMILES string of the molecule is Cl.O=C(C1CCNCC1)N1CCN(C2CCCC2)CC1. The Morgan fingerprint density at radius 1 is 0.900 bits per heavy atom. The zero-order chi connectivity index (χ0) is 13.1. The molecule has 0 spiro atoms. The van der Waals surface area contributed by atoms with Crippen molar-refractivity contribution in [3.63, 3.8) is 0 Å². The number of carbonyl (C=O) groups is 1. The van der Waals surface area contributed by atoms with Gasteiger partial charge in [0.1, 0.15) is 0 Å².